The van der Waals surface area contributed by atoms with Gasteiger partial charge >= 0.3 is 0 Å². The van der Waals surface area contributed by atoms with Crippen LogP contribution in [0, 0.1) is 11.6 Å². The van der Waals surface area contributed by atoms with Crippen LogP contribution >= 0.6 is 31.9 Å². The number of benzene rings is 3. The van der Waals surface area contributed by atoms with Gasteiger partial charge in [0.25, 0.3) is 0 Å². The Labute approximate surface area is 177 Å². The molecule has 4 rings (SSSR count). The summed E-state index contributed by atoms with van der Waals surface area (Å²) in [4.78, 5) is 0. The monoisotopic (exact) mass is 503 g/mol. The molecule has 3 aromatic carbocycles. The van der Waals surface area contributed by atoms with Crippen LogP contribution in [0.1, 0.15) is 5.56 Å². The summed E-state index contributed by atoms with van der Waals surface area (Å²) in [5.74, 6) is -0.185. The average Bonchev–Trinajstić information content (AvgIpc) is 3.06. The Bertz CT molecular complexity index is 1070. The molecule has 1 aromatic heterocycles. The van der Waals surface area contributed by atoms with Crippen LogP contribution in [0.3, 0.4) is 0 Å². The largest absolute Gasteiger partial charge is 0.302 e. The van der Waals surface area contributed by atoms with Gasteiger partial charge in [-0.05, 0) is 42.0 Å². The maximum absolute atomic E-state index is 14.6. The van der Waals surface area contributed by atoms with E-state index in [-0.39, 0.29) is 0 Å². The predicted molar refractivity (Wildman–Crippen MR) is 112 cm³/mol. The molecule has 0 amide bonds. The molecule has 0 aliphatic heterocycles. The van der Waals surface area contributed by atoms with Gasteiger partial charge in [0.2, 0.25) is 0 Å². The highest BCUT2D eigenvalue weighted by Gasteiger charge is 2.20. The first-order chi connectivity index (χ1) is 13.5. The third kappa shape index (κ3) is 3.77. The van der Waals surface area contributed by atoms with Gasteiger partial charge in [0.15, 0.2) is 11.6 Å². The van der Waals surface area contributed by atoms with E-state index in [2.05, 4.69) is 42.1 Å². The first-order valence-electron chi connectivity index (χ1n) is 8.41. The van der Waals surface area contributed by atoms with Crippen LogP contribution in [0.2, 0.25) is 0 Å². The van der Waals surface area contributed by atoms with Gasteiger partial charge in [0, 0.05) is 8.95 Å². The molecule has 3 nitrogen and oxygen atoms in total. The van der Waals surface area contributed by atoms with Crippen LogP contribution in [0.15, 0.2) is 75.7 Å². The zero-order chi connectivity index (χ0) is 19.7. The SMILES string of the molecule is Fc1cc(Br)ccc1-c1nnc(-c2ccc(Br)cc2F)n1Cc1ccccc1. The molecule has 0 saturated heterocycles. The van der Waals surface area contributed by atoms with Crippen molar-refractivity contribution in [2.45, 2.75) is 6.54 Å². The molecule has 4 aromatic rings. The number of hydrogen-bond donors (Lipinski definition) is 0. The molecule has 0 aliphatic rings. The van der Waals surface area contributed by atoms with Gasteiger partial charge < -0.3 is 4.57 Å². The average molecular weight is 505 g/mol. The lowest BCUT2D eigenvalue weighted by atomic mass is 10.1. The molecular formula is C21H13Br2F2N3. The Kier molecular flexibility index (Phi) is 5.37. The molecule has 28 heavy (non-hydrogen) atoms. The third-order valence-electron chi connectivity index (χ3n) is 4.28. The number of hydrogen-bond acceptors (Lipinski definition) is 2. The lowest BCUT2D eigenvalue weighted by Gasteiger charge is -2.12. The van der Waals surface area contributed by atoms with Crippen molar-refractivity contribution in [1.29, 1.82) is 0 Å². The standard InChI is InChI=1S/C21H13Br2F2N3/c22-14-6-8-16(18(24)10-14)20-26-27-21(17-9-7-15(23)11-19(17)25)28(20)12-13-4-2-1-3-5-13/h1-11H,12H2. The van der Waals surface area contributed by atoms with E-state index in [0.29, 0.717) is 38.3 Å². The smallest absolute Gasteiger partial charge is 0.167 e. The molecule has 0 atom stereocenters. The summed E-state index contributed by atoms with van der Waals surface area (Å²) in [6.45, 7) is 0.378. The summed E-state index contributed by atoms with van der Waals surface area (Å²) in [5, 5.41) is 8.38. The van der Waals surface area contributed by atoms with Crippen molar-refractivity contribution < 1.29 is 8.78 Å². The van der Waals surface area contributed by atoms with Crippen LogP contribution in [0.5, 0.6) is 0 Å². The maximum Gasteiger partial charge on any atom is 0.167 e. The minimum absolute atomic E-state index is 0.301. The van der Waals surface area contributed by atoms with Crippen molar-refractivity contribution in [3.8, 4) is 22.8 Å². The van der Waals surface area contributed by atoms with E-state index in [0.717, 1.165) is 5.56 Å². The zero-order valence-electron chi connectivity index (χ0n) is 14.4. The molecule has 0 bridgehead atoms. The van der Waals surface area contributed by atoms with Crippen LogP contribution in [-0.2, 0) is 6.54 Å². The van der Waals surface area contributed by atoms with Gasteiger partial charge in [-0.3, -0.25) is 0 Å². The minimum Gasteiger partial charge on any atom is -0.302 e. The number of aromatic nitrogens is 3. The lowest BCUT2D eigenvalue weighted by molar-refractivity contribution is 0.625. The second kappa shape index (κ2) is 7.93. The highest BCUT2D eigenvalue weighted by molar-refractivity contribution is 9.10. The fourth-order valence-electron chi connectivity index (χ4n) is 2.96. The van der Waals surface area contributed by atoms with E-state index >= 15 is 0 Å². The summed E-state index contributed by atoms with van der Waals surface area (Å²) in [5.41, 5.74) is 1.57. The van der Waals surface area contributed by atoms with E-state index in [4.69, 9.17) is 0 Å². The molecule has 0 saturated carbocycles. The molecule has 140 valence electrons. The van der Waals surface area contributed by atoms with Crippen LogP contribution in [0.4, 0.5) is 8.78 Å². The molecule has 0 unspecified atom stereocenters. The van der Waals surface area contributed by atoms with Crippen LogP contribution < -0.4 is 0 Å². The number of rotatable bonds is 4. The van der Waals surface area contributed by atoms with Gasteiger partial charge in [-0.1, -0.05) is 62.2 Å². The highest BCUT2D eigenvalue weighted by atomic mass is 79.9. The molecule has 0 radical (unpaired) electrons. The quantitative estimate of drug-likeness (QED) is 0.319. The molecule has 1 heterocycles. The van der Waals surface area contributed by atoms with E-state index in [1.54, 1.807) is 28.8 Å². The molecule has 0 spiro atoms. The Morgan fingerprint density at radius 2 is 1.21 bits per heavy atom. The minimum atomic E-state index is -0.432. The Hall–Kier alpha value is -2.38. The van der Waals surface area contributed by atoms with Crippen molar-refractivity contribution in [1.82, 2.24) is 14.8 Å². The van der Waals surface area contributed by atoms with E-state index < -0.39 is 11.6 Å². The number of halogens is 4. The lowest BCUT2D eigenvalue weighted by Crippen LogP contribution is -2.06. The molecule has 0 aliphatic carbocycles. The first-order valence-corrected chi connectivity index (χ1v) is 9.99. The Morgan fingerprint density at radius 1 is 0.714 bits per heavy atom. The van der Waals surface area contributed by atoms with Crippen molar-refractivity contribution in [3.63, 3.8) is 0 Å². The van der Waals surface area contributed by atoms with Gasteiger partial charge in [-0.25, -0.2) is 8.78 Å². The predicted octanol–water partition coefficient (Wildman–Crippen LogP) is 6.46. The fourth-order valence-corrected chi connectivity index (χ4v) is 3.63. The van der Waals surface area contributed by atoms with Gasteiger partial charge in [-0.15, -0.1) is 10.2 Å². The highest BCUT2D eigenvalue weighted by Crippen LogP contribution is 2.31. The molecule has 0 fully saturated rings. The van der Waals surface area contributed by atoms with Crippen molar-refractivity contribution in [2.75, 3.05) is 0 Å². The second-order valence-corrected chi connectivity index (χ2v) is 8.00. The van der Waals surface area contributed by atoms with E-state index in [1.165, 1.54) is 12.1 Å². The van der Waals surface area contributed by atoms with E-state index in [9.17, 15) is 8.78 Å². The third-order valence-corrected chi connectivity index (χ3v) is 5.26. The summed E-state index contributed by atoms with van der Waals surface area (Å²) in [6.07, 6.45) is 0. The first kappa shape index (κ1) is 19.0. The summed E-state index contributed by atoms with van der Waals surface area (Å²) in [6, 6.07) is 19.1. The second-order valence-electron chi connectivity index (χ2n) is 6.17. The normalized spacial score (nSPS) is 11.0. The molecule has 0 N–H and O–H groups in total. The molecular weight excluding hydrogens is 492 g/mol. The van der Waals surface area contributed by atoms with Crippen molar-refractivity contribution >= 4 is 31.9 Å². The Balaban J connectivity index is 1.90. The Morgan fingerprint density at radius 3 is 1.68 bits per heavy atom. The fraction of sp³-hybridized carbons (Fsp3) is 0.0476. The van der Waals surface area contributed by atoms with Crippen LogP contribution in [0.25, 0.3) is 22.8 Å². The number of nitrogens with zero attached hydrogens (tertiary/aromatic N) is 3. The molecule has 7 heteroatoms. The van der Waals surface area contributed by atoms with Crippen molar-refractivity contribution in [3.05, 3.63) is 92.9 Å². The van der Waals surface area contributed by atoms with Crippen LogP contribution in [-0.4, -0.2) is 14.8 Å². The van der Waals surface area contributed by atoms with Crippen molar-refractivity contribution in [2.24, 2.45) is 0 Å². The summed E-state index contributed by atoms with van der Waals surface area (Å²) >= 11 is 6.52. The van der Waals surface area contributed by atoms with Gasteiger partial charge in [0.1, 0.15) is 11.6 Å². The topological polar surface area (TPSA) is 30.7 Å². The maximum atomic E-state index is 14.6. The summed E-state index contributed by atoms with van der Waals surface area (Å²) in [7, 11) is 0. The van der Waals surface area contributed by atoms with Gasteiger partial charge in [0.05, 0.1) is 17.7 Å². The van der Waals surface area contributed by atoms with E-state index in [1.807, 2.05) is 30.3 Å². The van der Waals surface area contributed by atoms with Gasteiger partial charge in [-0.2, -0.15) is 0 Å². The summed E-state index contributed by atoms with van der Waals surface area (Å²) < 4.78 is 32.2. The zero-order valence-corrected chi connectivity index (χ0v) is 17.6.